The van der Waals surface area contributed by atoms with Crippen molar-refractivity contribution in [3.05, 3.63) is 60.0 Å². The molecular weight excluding hydrogens is 286 g/mol. The second-order valence-corrected chi connectivity index (χ2v) is 5.22. The molecule has 1 N–H and O–H groups in total. The third-order valence-corrected chi connectivity index (χ3v) is 3.70. The fraction of sp³-hybridized carbons (Fsp3) is 0. The average Bonchev–Trinajstić information content (AvgIpc) is 2.92. The van der Waals surface area contributed by atoms with E-state index in [1.165, 1.54) is 0 Å². The van der Waals surface area contributed by atoms with E-state index in [4.69, 9.17) is 11.6 Å². The summed E-state index contributed by atoms with van der Waals surface area (Å²) in [5.41, 5.74) is 3.55. The Bertz CT molecular complexity index is 961. The maximum Gasteiger partial charge on any atom is 0.115 e. The molecule has 0 aliphatic heterocycles. The number of phenols is 1. The summed E-state index contributed by atoms with van der Waals surface area (Å²) in [5.74, 6) is 0.237. The fourth-order valence-corrected chi connectivity index (χ4v) is 2.64. The van der Waals surface area contributed by atoms with Crippen LogP contribution in [0.5, 0.6) is 5.75 Å². The van der Waals surface area contributed by atoms with E-state index >= 15 is 0 Å². The van der Waals surface area contributed by atoms with Gasteiger partial charge in [-0.3, -0.25) is 9.55 Å². The molecule has 0 aliphatic carbocycles. The van der Waals surface area contributed by atoms with Crippen molar-refractivity contribution in [3.8, 4) is 11.4 Å². The largest absolute Gasteiger partial charge is 0.508 e. The van der Waals surface area contributed by atoms with Crippen molar-refractivity contribution in [1.29, 1.82) is 0 Å². The number of halogens is 1. The normalized spacial score (nSPS) is 11.3. The number of imidazole rings is 1. The van der Waals surface area contributed by atoms with Crippen LogP contribution in [0.1, 0.15) is 0 Å². The van der Waals surface area contributed by atoms with Crippen molar-refractivity contribution in [2.45, 2.75) is 0 Å². The molecule has 21 heavy (non-hydrogen) atoms. The Balaban J connectivity index is 2.08. The van der Waals surface area contributed by atoms with E-state index < -0.39 is 0 Å². The van der Waals surface area contributed by atoms with E-state index in [9.17, 15) is 5.11 Å². The Morgan fingerprint density at radius 3 is 2.57 bits per heavy atom. The molecule has 4 nitrogen and oxygen atoms in total. The van der Waals surface area contributed by atoms with E-state index in [1.54, 1.807) is 24.7 Å². The lowest BCUT2D eigenvalue weighted by molar-refractivity contribution is 0.475. The highest BCUT2D eigenvalue weighted by Crippen LogP contribution is 2.27. The molecule has 2 heterocycles. The molecule has 0 aliphatic rings. The van der Waals surface area contributed by atoms with E-state index in [0.29, 0.717) is 5.02 Å². The van der Waals surface area contributed by atoms with Gasteiger partial charge < -0.3 is 5.11 Å². The van der Waals surface area contributed by atoms with Crippen molar-refractivity contribution in [2.75, 3.05) is 0 Å². The molecule has 0 fully saturated rings. The van der Waals surface area contributed by atoms with Gasteiger partial charge in [-0.1, -0.05) is 11.6 Å². The minimum Gasteiger partial charge on any atom is -0.508 e. The highest BCUT2D eigenvalue weighted by Gasteiger charge is 2.10. The number of benzene rings is 2. The lowest BCUT2D eigenvalue weighted by atomic mass is 10.2. The summed E-state index contributed by atoms with van der Waals surface area (Å²) in [7, 11) is 0. The average molecular weight is 296 g/mol. The molecule has 0 bridgehead atoms. The third-order valence-electron chi connectivity index (χ3n) is 3.46. The number of aromatic nitrogens is 3. The Morgan fingerprint density at radius 2 is 1.76 bits per heavy atom. The zero-order valence-corrected chi connectivity index (χ0v) is 11.6. The summed E-state index contributed by atoms with van der Waals surface area (Å²) in [4.78, 5) is 8.79. The predicted molar refractivity (Wildman–Crippen MR) is 83.0 cm³/mol. The van der Waals surface area contributed by atoms with Crippen molar-refractivity contribution in [3.63, 3.8) is 0 Å². The van der Waals surface area contributed by atoms with E-state index in [-0.39, 0.29) is 5.75 Å². The highest BCUT2D eigenvalue weighted by atomic mass is 35.5. The van der Waals surface area contributed by atoms with E-state index in [0.717, 1.165) is 27.6 Å². The minimum atomic E-state index is 0.237. The van der Waals surface area contributed by atoms with Gasteiger partial charge in [-0.2, -0.15) is 0 Å². The van der Waals surface area contributed by atoms with Gasteiger partial charge in [0, 0.05) is 16.1 Å². The summed E-state index contributed by atoms with van der Waals surface area (Å²) in [6.07, 6.45) is 3.50. The first-order valence-corrected chi connectivity index (χ1v) is 6.81. The molecule has 0 spiro atoms. The Hall–Kier alpha value is -2.59. The molecule has 0 amide bonds. The van der Waals surface area contributed by atoms with Crippen LogP contribution < -0.4 is 0 Å². The summed E-state index contributed by atoms with van der Waals surface area (Å²) in [6.45, 7) is 0. The number of pyridine rings is 1. The molecule has 102 valence electrons. The van der Waals surface area contributed by atoms with Gasteiger partial charge in [0.25, 0.3) is 0 Å². The number of rotatable bonds is 1. The van der Waals surface area contributed by atoms with E-state index in [1.807, 2.05) is 34.9 Å². The number of aromatic hydroxyl groups is 1. The lowest BCUT2D eigenvalue weighted by Gasteiger charge is -2.07. The maximum atomic E-state index is 9.42. The van der Waals surface area contributed by atoms with Gasteiger partial charge in [0.1, 0.15) is 17.6 Å². The molecule has 0 radical (unpaired) electrons. The summed E-state index contributed by atoms with van der Waals surface area (Å²) < 4.78 is 1.98. The first-order chi connectivity index (χ1) is 10.2. The number of phenolic OH excluding ortho intramolecular Hbond substituents is 1. The Kier molecular flexibility index (Phi) is 2.59. The van der Waals surface area contributed by atoms with Gasteiger partial charge in [-0.25, -0.2) is 4.98 Å². The van der Waals surface area contributed by atoms with Gasteiger partial charge in [0.05, 0.1) is 17.2 Å². The molecule has 4 rings (SSSR count). The van der Waals surface area contributed by atoms with E-state index in [2.05, 4.69) is 9.97 Å². The fourth-order valence-electron chi connectivity index (χ4n) is 2.48. The molecule has 0 saturated heterocycles. The van der Waals surface area contributed by atoms with Crippen LogP contribution in [-0.4, -0.2) is 19.6 Å². The monoisotopic (exact) mass is 295 g/mol. The Morgan fingerprint density at radius 1 is 0.952 bits per heavy atom. The molecule has 4 aromatic rings. The SMILES string of the molecule is Oc1ccc(-n2cnc3cnc4cc(Cl)ccc4c32)cc1. The first-order valence-electron chi connectivity index (χ1n) is 6.43. The number of hydrogen-bond acceptors (Lipinski definition) is 3. The van der Waals surface area contributed by atoms with Crippen LogP contribution in [-0.2, 0) is 0 Å². The molecule has 0 atom stereocenters. The molecule has 0 unspecified atom stereocenters. The standard InChI is InChI=1S/C16H10ClN3O/c17-10-1-6-13-14(7-10)18-8-15-16(13)20(9-19-15)11-2-4-12(21)5-3-11/h1-9,21H. The van der Waals surface area contributed by atoms with Gasteiger partial charge in [0.15, 0.2) is 0 Å². The highest BCUT2D eigenvalue weighted by molar-refractivity contribution is 6.31. The van der Waals surface area contributed by atoms with Gasteiger partial charge >= 0.3 is 0 Å². The molecule has 0 saturated carbocycles. The first kappa shape index (κ1) is 12.2. The molecule has 2 aromatic carbocycles. The molecule has 5 heteroatoms. The van der Waals surface area contributed by atoms with Crippen LogP contribution in [0.25, 0.3) is 27.6 Å². The smallest absolute Gasteiger partial charge is 0.115 e. The zero-order chi connectivity index (χ0) is 14.4. The van der Waals surface area contributed by atoms with Gasteiger partial charge in [-0.15, -0.1) is 0 Å². The second kappa shape index (κ2) is 4.46. The Labute approximate surface area is 125 Å². The van der Waals surface area contributed by atoms with Gasteiger partial charge in [0.2, 0.25) is 0 Å². The molecular formula is C16H10ClN3O. The van der Waals surface area contributed by atoms with Crippen LogP contribution >= 0.6 is 11.6 Å². The van der Waals surface area contributed by atoms with Crippen molar-refractivity contribution >= 4 is 33.5 Å². The predicted octanol–water partition coefficient (Wildman–Crippen LogP) is 3.93. The number of fused-ring (bicyclic) bond motifs is 3. The third kappa shape index (κ3) is 1.92. The zero-order valence-electron chi connectivity index (χ0n) is 10.9. The van der Waals surface area contributed by atoms with Crippen molar-refractivity contribution < 1.29 is 5.11 Å². The topological polar surface area (TPSA) is 50.9 Å². The second-order valence-electron chi connectivity index (χ2n) is 4.78. The quantitative estimate of drug-likeness (QED) is 0.579. The summed E-state index contributed by atoms with van der Waals surface area (Å²) in [6, 6.07) is 12.6. The van der Waals surface area contributed by atoms with Crippen molar-refractivity contribution in [1.82, 2.24) is 14.5 Å². The van der Waals surface area contributed by atoms with Gasteiger partial charge in [-0.05, 0) is 42.5 Å². The lowest BCUT2D eigenvalue weighted by Crippen LogP contribution is -1.92. The number of hydrogen-bond donors (Lipinski definition) is 1. The van der Waals surface area contributed by atoms with Crippen LogP contribution in [0.3, 0.4) is 0 Å². The number of nitrogens with zero attached hydrogens (tertiary/aromatic N) is 3. The van der Waals surface area contributed by atoms with Crippen molar-refractivity contribution in [2.24, 2.45) is 0 Å². The van der Waals surface area contributed by atoms with Crippen LogP contribution in [0.4, 0.5) is 0 Å². The summed E-state index contributed by atoms with van der Waals surface area (Å²) >= 11 is 6.03. The van der Waals surface area contributed by atoms with Crippen LogP contribution in [0.2, 0.25) is 5.02 Å². The van der Waals surface area contributed by atoms with Crippen LogP contribution in [0.15, 0.2) is 55.0 Å². The van der Waals surface area contributed by atoms with Crippen LogP contribution in [0, 0.1) is 0 Å². The molecule has 2 aromatic heterocycles. The minimum absolute atomic E-state index is 0.237. The summed E-state index contributed by atoms with van der Waals surface area (Å²) in [5, 5.41) is 11.1. The maximum absolute atomic E-state index is 9.42.